The molecular formula is C17H26N2O4S. The van der Waals surface area contributed by atoms with Crippen molar-refractivity contribution < 1.29 is 17.9 Å². The number of esters is 1. The molecule has 2 rings (SSSR count). The standard InChI is InChI=1S/C17H26N2O4S/c1-4-23-16(20)14-8-7-9-15(12-14)24(21,22)18-13-17(19(2)3)10-5-6-11-17/h7-9,12,18H,4-6,10-11,13H2,1-3H3. The lowest BCUT2D eigenvalue weighted by Crippen LogP contribution is -2.50. The van der Waals surface area contributed by atoms with Gasteiger partial charge in [-0.05, 0) is 52.1 Å². The second-order valence-electron chi connectivity index (χ2n) is 6.40. The zero-order valence-electron chi connectivity index (χ0n) is 14.5. The first-order chi connectivity index (χ1) is 11.3. The molecule has 1 aromatic rings. The van der Waals surface area contributed by atoms with Crippen LogP contribution in [0, 0.1) is 0 Å². The fraction of sp³-hybridized carbons (Fsp3) is 0.588. The van der Waals surface area contributed by atoms with Gasteiger partial charge in [-0.2, -0.15) is 0 Å². The molecular weight excluding hydrogens is 328 g/mol. The van der Waals surface area contributed by atoms with Gasteiger partial charge in [0.15, 0.2) is 0 Å². The number of likely N-dealkylation sites (N-methyl/N-ethyl adjacent to an activating group) is 1. The van der Waals surface area contributed by atoms with E-state index in [1.165, 1.54) is 12.1 Å². The summed E-state index contributed by atoms with van der Waals surface area (Å²) in [6.07, 6.45) is 4.17. The Morgan fingerprint density at radius 2 is 1.96 bits per heavy atom. The number of hydrogen-bond donors (Lipinski definition) is 1. The largest absolute Gasteiger partial charge is 0.462 e. The zero-order chi connectivity index (χ0) is 17.8. The normalized spacial score (nSPS) is 17.2. The van der Waals surface area contributed by atoms with Gasteiger partial charge in [0.05, 0.1) is 17.1 Å². The molecule has 1 aliphatic carbocycles. The fourth-order valence-corrected chi connectivity index (χ4v) is 4.30. The molecule has 1 N–H and O–H groups in total. The van der Waals surface area contributed by atoms with E-state index in [0.29, 0.717) is 6.54 Å². The van der Waals surface area contributed by atoms with E-state index in [-0.39, 0.29) is 22.6 Å². The van der Waals surface area contributed by atoms with Gasteiger partial charge < -0.3 is 9.64 Å². The van der Waals surface area contributed by atoms with Crippen LogP contribution in [0.5, 0.6) is 0 Å². The maximum absolute atomic E-state index is 12.6. The lowest BCUT2D eigenvalue weighted by molar-refractivity contribution is 0.0526. The molecule has 1 fully saturated rings. The summed E-state index contributed by atoms with van der Waals surface area (Å²) in [6, 6.07) is 5.95. The monoisotopic (exact) mass is 354 g/mol. The number of nitrogens with one attached hydrogen (secondary N) is 1. The molecule has 0 saturated heterocycles. The molecule has 1 aliphatic rings. The molecule has 0 bridgehead atoms. The van der Waals surface area contributed by atoms with Gasteiger partial charge >= 0.3 is 5.97 Å². The zero-order valence-corrected chi connectivity index (χ0v) is 15.4. The number of benzene rings is 1. The number of hydrogen-bond acceptors (Lipinski definition) is 5. The summed E-state index contributed by atoms with van der Waals surface area (Å²) in [5.74, 6) is -0.518. The van der Waals surface area contributed by atoms with E-state index < -0.39 is 16.0 Å². The molecule has 0 radical (unpaired) electrons. The first kappa shape index (κ1) is 18.9. The van der Waals surface area contributed by atoms with E-state index in [0.717, 1.165) is 25.7 Å². The Balaban J connectivity index is 2.15. The number of carbonyl (C=O) groups is 1. The molecule has 134 valence electrons. The second-order valence-corrected chi connectivity index (χ2v) is 8.17. The number of carbonyl (C=O) groups excluding carboxylic acids is 1. The van der Waals surface area contributed by atoms with Gasteiger partial charge in [-0.15, -0.1) is 0 Å². The molecule has 1 saturated carbocycles. The van der Waals surface area contributed by atoms with Gasteiger partial charge in [0.2, 0.25) is 10.0 Å². The Hall–Kier alpha value is -1.44. The second kappa shape index (κ2) is 7.63. The number of nitrogens with zero attached hydrogens (tertiary/aromatic N) is 1. The molecule has 7 heteroatoms. The van der Waals surface area contributed by atoms with Gasteiger partial charge in [0, 0.05) is 12.1 Å². The van der Waals surface area contributed by atoms with E-state index in [4.69, 9.17) is 4.74 Å². The fourth-order valence-electron chi connectivity index (χ4n) is 3.13. The highest BCUT2D eigenvalue weighted by molar-refractivity contribution is 7.89. The quantitative estimate of drug-likeness (QED) is 0.758. The maximum Gasteiger partial charge on any atom is 0.338 e. The van der Waals surface area contributed by atoms with Crippen LogP contribution in [0.25, 0.3) is 0 Å². The highest BCUT2D eigenvalue weighted by atomic mass is 32.2. The lowest BCUT2D eigenvalue weighted by atomic mass is 9.97. The van der Waals surface area contributed by atoms with Gasteiger partial charge in [0.25, 0.3) is 0 Å². The van der Waals surface area contributed by atoms with Crippen LogP contribution in [-0.2, 0) is 14.8 Å². The molecule has 0 aliphatic heterocycles. The maximum atomic E-state index is 12.6. The highest BCUT2D eigenvalue weighted by Gasteiger charge is 2.37. The molecule has 0 amide bonds. The van der Waals surface area contributed by atoms with E-state index in [2.05, 4.69) is 9.62 Å². The van der Waals surface area contributed by atoms with Gasteiger partial charge in [-0.25, -0.2) is 17.9 Å². The number of sulfonamides is 1. The molecule has 24 heavy (non-hydrogen) atoms. The van der Waals surface area contributed by atoms with E-state index in [1.54, 1.807) is 19.1 Å². The minimum Gasteiger partial charge on any atom is -0.462 e. The van der Waals surface area contributed by atoms with Crippen molar-refractivity contribution in [2.75, 3.05) is 27.2 Å². The molecule has 0 aromatic heterocycles. The predicted octanol–water partition coefficient (Wildman–Crippen LogP) is 2.02. The third-order valence-corrected chi connectivity index (χ3v) is 6.13. The van der Waals surface area contributed by atoms with Crippen LogP contribution in [0.3, 0.4) is 0 Å². The molecule has 0 unspecified atom stereocenters. The van der Waals surface area contributed by atoms with Gasteiger partial charge in [-0.3, -0.25) is 0 Å². The predicted molar refractivity (Wildman–Crippen MR) is 92.5 cm³/mol. The number of rotatable bonds is 7. The van der Waals surface area contributed by atoms with Crippen LogP contribution in [0.4, 0.5) is 0 Å². The molecule has 0 heterocycles. The van der Waals surface area contributed by atoms with Crippen molar-refractivity contribution in [2.24, 2.45) is 0 Å². The van der Waals surface area contributed by atoms with E-state index >= 15 is 0 Å². The van der Waals surface area contributed by atoms with Crippen molar-refractivity contribution in [3.8, 4) is 0 Å². The van der Waals surface area contributed by atoms with Crippen LogP contribution in [0.1, 0.15) is 43.0 Å². The van der Waals surface area contributed by atoms with E-state index in [1.807, 2.05) is 14.1 Å². The summed E-state index contributed by atoms with van der Waals surface area (Å²) < 4.78 is 32.8. The summed E-state index contributed by atoms with van der Waals surface area (Å²) in [5, 5.41) is 0. The first-order valence-electron chi connectivity index (χ1n) is 8.25. The van der Waals surface area contributed by atoms with Crippen LogP contribution in [0.2, 0.25) is 0 Å². The lowest BCUT2D eigenvalue weighted by Gasteiger charge is -2.36. The van der Waals surface area contributed by atoms with Crippen molar-refractivity contribution in [1.82, 2.24) is 9.62 Å². The molecule has 0 atom stereocenters. The van der Waals surface area contributed by atoms with Crippen molar-refractivity contribution in [1.29, 1.82) is 0 Å². The summed E-state index contributed by atoms with van der Waals surface area (Å²) in [6.45, 7) is 2.33. The third kappa shape index (κ3) is 4.15. The van der Waals surface area contributed by atoms with Crippen molar-refractivity contribution in [3.63, 3.8) is 0 Å². The molecule has 6 nitrogen and oxygen atoms in total. The Bertz CT molecular complexity index is 680. The Morgan fingerprint density at radius 3 is 2.54 bits per heavy atom. The highest BCUT2D eigenvalue weighted by Crippen LogP contribution is 2.33. The number of ether oxygens (including phenoxy) is 1. The minimum atomic E-state index is -3.67. The molecule has 0 spiro atoms. The van der Waals surface area contributed by atoms with Gasteiger partial charge in [0.1, 0.15) is 0 Å². The molecule has 1 aromatic carbocycles. The van der Waals surface area contributed by atoms with Gasteiger partial charge in [-0.1, -0.05) is 18.9 Å². The minimum absolute atomic E-state index is 0.0833. The van der Waals surface area contributed by atoms with Crippen LogP contribution >= 0.6 is 0 Å². The average Bonchev–Trinajstić information content (AvgIpc) is 3.04. The first-order valence-corrected chi connectivity index (χ1v) is 9.73. The van der Waals surface area contributed by atoms with Crippen molar-refractivity contribution >= 4 is 16.0 Å². The SMILES string of the molecule is CCOC(=O)c1cccc(S(=O)(=O)NCC2(N(C)C)CCCC2)c1. The third-order valence-electron chi connectivity index (χ3n) is 4.73. The Morgan fingerprint density at radius 1 is 1.29 bits per heavy atom. The average molecular weight is 354 g/mol. The van der Waals surface area contributed by atoms with Crippen LogP contribution in [0.15, 0.2) is 29.2 Å². The Labute approximate surface area is 144 Å². The van der Waals surface area contributed by atoms with Crippen molar-refractivity contribution in [2.45, 2.75) is 43.0 Å². The summed E-state index contributed by atoms with van der Waals surface area (Å²) in [7, 11) is 0.299. The topological polar surface area (TPSA) is 75.7 Å². The van der Waals surface area contributed by atoms with Crippen LogP contribution in [-0.4, -0.2) is 52.1 Å². The Kier molecular flexibility index (Phi) is 6.01. The van der Waals surface area contributed by atoms with E-state index in [9.17, 15) is 13.2 Å². The summed E-state index contributed by atoms with van der Waals surface area (Å²) in [4.78, 5) is 14.0. The smallest absolute Gasteiger partial charge is 0.338 e. The summed E-state index contributed by atoms with van der Waals surface area (Å²) >= 11 is 0. The van der Waals surface area contributed by atoms with Crippen LogP contribution < -0.4 is 4.72 Å². The summed E-state index contributed by atoms with van der Waals surface area (Å²) in [5.41, 5.74) is 0.106. The van der Waals surface area contributed by atoms with Crippen molar-refractivity contribution in [3.05, 3.63) is 29.8 Å².